The number of carbonyl (C=O) groups is 2. The molecular formula is C18H21ClN2O2S2. The molecule has 25 heavy (non-hydrogen) atoms. The normalized spacial score (nSPS) is 21.7. The van der Waals surface area contributed by atoms with Gasteiger partial charge in [-0.1, -0.05) is 60.9 Å². The number of hydrogen-bond donors (Lipinski definition) is 1. The number of anilines is 1. The van der Waals surface area contributed by atoms with Gasteiger partial charge in [0.1, 0.15) is 4.32 Å². The number of thioether (sulfide) groups is 1. The average Bonchev–Trinajstić information content (AvgIpc) is 2.85. The maximum absolute atomic E-state index is 12.7. The highest BCUT2D eigenvalue weighted by atomic mass is 35.5. The third-order valence-corrected chi connectivity index (χ3v) is 6.66. The Morgan fingerprint density at radius 1 is 1.36 bits per heavy atom. The third kappa shape index (κ3) is 4.36. The molecule has 0 radical (unpaired) electrons. The minimum Gasteiger partial charge on any atom is -0.326 e. The Balaban J connectivity index is 1.60. The Morgan fingerprint density at radius 2 is 2.08 bits per heavy atom. The molecule has 1 saturated heterocycles. The lowest BCUT2D eigenvalue weighted by Crippen LogP contribution is -2.42. The number of carbonyl (C=O) groups excluding carboxylic acids is 2. The smallest absolute Gasteiger partial charge is 0.242 e. The van der Waals surface area contributed by atoms with Crippen LogP contribution < -0.4 is 5.32 Å². The van der Waals surface area contributed by atoms with E-state index in [2.05, 4.69) is 5.32 Å². The Bertz CT molecular complexity index is 704. The summed E-state index contributed by atoms with van der Waals surface area (Å²) in [5.41, 5.74) is 1.59. The van der Waals surface area contributed by atoms with Gasteiger partial charge in [-0.2, -0.15) is 0 Å². The van der Waals surface area contributed by atoms with Crippen molar-refractivity contribution in [2.24, 2.45) is 0 Å². The van der Waals surface area contributed by atoms with Crippen molar-refractivity contribution >= 4 is 57.4 Å². The standard InChI is InChI=1S/C18H21ClN2O2S2/c1-11-7-8-12(9-14(11)19)20-16(22)10-15-17(23)21(18(24)25-15)13-5-3-2-4-6-13/h7-9,13,15H,2-6,10H2,1H3,(H,20,22). The van der Waals surface area contributed by atoms with Gasteiger partial charge >= 0.3 is 0 Å². The van der Waals surface area contributed by atoms with Gasteiger partial charge in [-0.05, 0) is 37.5 Å². The van der Waals surface area contributed by atoms with Crippen molar-refractivity contribution in [2.75, 3.05) is 5.32 Å². The number of amides is 2. The second-order valence-electron chi connectivity index (χ2n) is 6.59. The first-order chi connectivity index (χ1) is 12.0. The van der Waals surface area contributed by atoms with Gasteiger partial charge in [0.15, 0.2) is 0 Å². The molecule has 2 amide bonds. The molecule has 1 atom stereocenters. The number of thiocarbonyl (C=S) groups is 1. The SMILES string of the molecule is Cc1ccc(NC(=O)CC2SC(=S)N(C3CCCCC3)C2=O)cc1Cl. The van der Waals surface area contributed by atoms with Gasteiger partial charge in [-0.15, -0.1) is 0 Å². The van der Waals surface area contributed by atoms with Gasteiger partial charge in [0, 0.05) is 23.2 Å². The number of halogens is 1. The van der Waals surface area contributed by atoms with E-state index in [1.165, 1.54) is 18.2 Å². The Kier molecular flexibility index (Phi) is 6.02. The first kappa shape index (κ1) is 18.7. The fourth-order valence-electron chi connectivity index (χ4n) is 3.32. The van der Waals surface area contributed by atoms with E-state index in [0.717, 1.165) is 31.2 Å². The van der Waals surface area contributed by atoms with E-state index < -0.39 is 5.25 Å². The van der Waals surface area contributed by atoms with Crippen LogP contribution in [-0.4, -0.2) is 32.3 Å². The van der Waals surface area contributed by atoms with Gasteiger partial charge in [-0.25, -0.2) is 0 Å². The maximum atomic E-state index is 12.7. The van der Waals surface area contributed by atoms with Gasteiger partial charge in [0.2, 0.25) is 11.8 Å². The summed E-state index contributed by atoms with van der Waals surface area (Å²) in [6.45, 7) is 1.91. The molecule has 7 heteroatoms. The summed E-state index contributed by atoms with van der Waals surface area (Å²) in [5, 5.41) is 3.00. The van der Waals surface area contributed by atoms with Crippen LogP contribution in [0.1, 0.15) is 44.1 Å². The van der Waals surface area contributed by atoms with E-state index in [-0.39, 0.29) is 24.3 Å². The second kappa shape index (κ2) is 8.06. The first-order valence-corrected chi connectivity index (χ1v) is 10.2. The number of hydrogen-bond acceptors (Lipinski definition) is 4. The predicted octanol–water partition coefficient (Wildman–Crippen LogP) is 4.54. The van der Waals surface area contributed by atoms with Gasteiger partial charge in [0.05, 0.1) is 5.25 Å². The van der Waals surface area contributed by atoms with E-state index in [4.69, 9.17) is 23.8 Å². The van der Waals surface area contributed by atoms with Crippen molar-refractivity contribution < 1.29 is 9.59 Å². The third-order valence-electron chi connectivity index (χ3n) is 4.72. The van der Waals surface area contributed by atoms with E-state index in [1.807, 2.05) is 19.1 Å². The number of nitrogens with one attached hydrogen (secondary N) is 1. The molecule has 1 aliphatic carbocycles. The quantitative estimate of drug-likeness (QED) is 0.759. The largest absolute Gasteiger partial charge is 0.326 e. The average molecular weight is 397 g/mol. The molecule has 2 fully saturated rings. The van der Waals surface area contributed by atoms with Crippen LogP contribution in [0.4, 0.5) is 5.69 Å². The number of aryl methyl sites for hydroxylation is 1. The molecule has 3 rings (SSSR count). The zero-order chi connectivity index (χ0) is 18.0. The predicted molar refractivity (Wildman–Crippen MR) is 107 cm³/mol. The Labute approximate surface area is 162 Å². The Hall–Kier alpha value is -1.11. The molecule has 0 bridgehead atoms. The van der Waals surface area contributed by atoms with E-state index in [0.29, 0.717) is 15.0 Å². The lowest BCUT2D eigenvalue weighted by molar-refractivity contribution is -0.129. The molecular weight excluding hydrogens is 376 g/mol. The highest BCUT2D eigenvalue weighted by Crippen LogP contribution is 2.35. The zero-order valence-electron chi connectivity index (χ0n) is 14.1. The molecule has 2 aliphatic rings. The van der Waals surface area contributed by atoms with Gasteiger partial charge in [-0.3, -0.25) is 14.5 Å². The summed E-state index contributed by atoms with van der Waals surface area (Å²) in [6.07, 6.45) is 5.64. The zero-order valence-corrected chi connectivity index (χ0v) is 16.5. The van der Waals surface area contributed by atoms with E-state index >= 15 is 0 Å². The van der Waals surface area contributed by atoms with E-state index in [9.17, 15) is 9.59 Å². The molecule has 4 nitrogen and oxygen atoms in total. The van der Waals surface area contributed by atoms with Crippen LogP contribution in [-0.2, 0) is 9.59 Å². The van der Waals surface area contributed by atoms with Crippen LogP contribution in [0.2, 0.25) is 5.02 Å². The molecule has 1 aromatic rings. The van der Waals surface area contributed by atoms with Crippen molar-refractivity contribution in [3.63, 3.8) is 0 Å². The van der Waals surface area contributed by atoms with Crippen LogP contribution in [0.15, 0.2) is 18.2 Å². The number of rotatable bonds is 4. The molecule has 1 aromatic carbocycles. The molecule has 1 aliphatic heterocycles. The highest BCUT2D eigenvalue weighted by Gasteiger charge is 2.41. The lowest BCUT2D eigenvalue weighted by atomic mass is 9.94. The molecule has 1 unspecified atom stereocenters. The highest BCUT2D eigenvalue weighted by molar-refractivity contribution is 8.24. The Morgan fingerprint density at radius 3 is 2.76 bits per heavy atom. The minimum absolute atomic E-state index is 0.0148. The van der Waals surface area contributed by atoms with Gasteiger partial charge in [0.25, 0.3) is 0 Å². The van der Waals surface area contributed by atoms with Crippen molar-refractivity contribution in [3.05, 3.63) is 28.8 Å². The van der Waals surface area contributed by atoms with Crippen molar-refractivity contribution in [1.29, 1.82) is 0 Å². The summed E-state index contributed by atoms with van der Waals surface area (Å²) < 4.78 is 0.619. The van der Waals surface area contributed by atoms with Gasteiger partial charge < -0.3 is 5.32 Å². The maximum Gasteiger partial charge on any atom is 0.242 e. The summed E-state index contributed by atoms with van der Waals surface area (Å²) in [5.74, 6) is -0.210. The second-order valence-corrected chi connectivity index (χ2v) is 8.83. The topological polar surface area (TPSA) is 49.4 Å². The molecule has 0 spiro atoms. The fourth-order valence-corrected chi connectivity index (χ4v) is 5.14. The molecule has 134 valence electrons. The monoisotopic (exact) mass is 396 g/mol. The van der Waals surface area contributed by atoms with Crippen LogP contribution in [0.3, 0.4) is 0 Å². The molecule has 0 aromatic heterocycles. The number of nitrogens with zero attached hydrogens (tertiary/aromatic N) is 1. The summed E-state index contributed by atoms with van der Waals surface area (Å²) in [6, 6.07) is 5.59. The molecule has 1 N–H and O–H groups in total. The van der Waals surface area contributed by atoms with Crippen molar-refractivity contribution in [1.82, 2.24) is 4.90 Å². The van der Waals surface area contributed by atoms with Crippen LogP contribution in [0.25, 0.3) is 0 Å². The van der Waals surface area contributed by atoms with Crippen LogP contribution in [0.5, 0.6) is 0 Å². The summed E-state index contributed by atoms with van der Waals surface area (Å²) >= 11 is 12.8. The van der Waals surface area contributed by atoms with Crippen molar-refractivity contribution in [2.45, 2.75) is 56.7 Å². The van der Waals surface area contributed by atoms with Crippen LogP contribution >= 0.6 is 35.6 Å². The minimum atomic E-state index is -0.421. The van der Waals surface area contributed by atoms with Crippen molar-refractivity contribution in [3.8, 4) is 0 Å². The molecule has 1 heterocycles. The summed E-state index contributed by atoms with van der Waals surface area (Å²) in [7, 11) is 0. The summed E-state index contributed by atoms with van der Waals surface area (Å²) in [4.78, 5) is 26.8. The first-order valence-electron chi connectivity index (χ1n) is 8.55. The van der Waals surface area contributed by atoms with Crippen LogP contribution in [0, 0.1) is 6.92 Å². The molecule has 1 saturated carbocycles. The fraction of sp³-hybridized carbons (Fsp3) is 0.500. The number of benzene rings is 1. The van der Waals surface area contributed by atoms with E-state index in [1.54, 1.807) is 11.0 Å². The lowest BCUT2D eigenvalue weighted by Gasteiger charge is -2.30.